The van der Waals surface area contributed by atoms with Gasteiger partial charge in [-0.2, -0.15) is 5.10 Å². The van der Waals surface area contributed by atoms with Gasteiger partial charge in [0.15, 0.2) is 5.82 Å². The Balaban J connectivity index is 1.39. The van der Waals surface area contributed by atoms with Crippen molar-refractivity contribution in [1.29, 1.82) is 0 Å². The van der Waals surface area contributed by atoms with Crippen LogP contribution in [0.4, 0.5) is 0 Å². The number of aryl methyl sites for hydroxylation is 2. The summed E-state index contributed by atoms with van der Waals surface area (Å²) in [5.74, 6) is 3.64. The molecule has 0 fully saturated rings. The molecule has 3 heterocycles. The van der Waals surface area contributed by atoms with Gasteiger partial charge in [-0.25, -0.2) is 14.6 Å². The van der Waals surface area contributed by atoms with Gasteiger partial charge in [-0.05, 0) is 61.2 Å². The van der Waals surface area contributed by atoms with E-state index in [1.54, 1.807) is 20.5 Å². The molecule has 0 aliphatic carbocycles. The highest BCUT2D eigenvalue weighted by Crippen LogP contribution is 2.33. The highest BCUT2D eigenvalue weighted by Gasteiger charge is 2.25. The van der Waals surface area contributed by atoms with Gasteiger partial charge >= 0.3 is 0 Å². The summed E-state index contributed by atoms with van der Waals surface area (Å²) in [6.45, 7) is 2.87. The first kappa shape index (κ1) is 21.0. The van der Waals surface area contributed by atoms with E-state index in [-0.39, 0.29) is 5.92 Å². The van der Waals surface area contributed by atoms with Crippen LogP contribution in [0.3, 0.4) is 0 Å². The summed E-state index contributed by atoms with van der Waals surface area (Å²) < 4.78 is 14.9. The van der Waals surface area contributed by atoms with Crippen molar-refractivity contribution in [2.24, 2.45) is 0 Å². The molecule has 1 aliphatic heterocycles. The number of hydrogen-bond acceptors (Lipinski definition) is 5. The lowest BCUT2D eigenvalue weighted by Crippen LogP contribution is -2.17. The second-order valence-corrected chi connectivity index (χ2v) is 8.21. The Labute approximate surface area is 193 Å². The number of hydrogen-bond donors (Lipinski definition) is 0. The number of rotatable bonds is 6. The Morgan fingerprint density at radius 1 is 1.03 bits per heavy atom. The smallest absolute Gasteiger partial charge is 0.174 e. The predicted octanol–water partition coefficient (Wildman–Crippen LogP) is 4.89. The summed E-state index contributed by atoms with van der Waals surface area (Å²) in [4.78, 5) is 9.17. The van der Waals surface area contributed by atoms with Crippen LogP contribution < -0.4 is 9.47 Å². The zero-order chi connectivity index (χ0) is 22.8. The maximum atomic E-state index is 5.62. The molecule has 1 atom stereocenters. The van der Waals surface area contributed by atoms with Crippen molar-refractivity contribution in [2.75, 3.05) is 14.2 Å². The highest BCUT2D eigenvalue weighted by molar-refractivity contribution is 5.69. The van der Waals surface area contributed by atoms with Crippen LogP contribution >= 0.6 is 0 Å². The minimum atomic E-state index is 0.248. The summed E-state index contributed by atoms with van der Waals surface area (Å²) in [6, 6.07) is 14.4. The highest BCUT2D eigenvalue weighted by atomic mass is 16.5. The lowest BCUT2D eigenvalue weighted by atomic mass is 9.91. The lowest BCUT2D eigenvalue weighted by molar-refractivity contribution is 0.413. The van der Waals surface area contributed by atoms with Gasteiger partial charge in [0.2, 0.25) is 0 Å². The van der Waals surface area contributed by atoms with Crippen molar-refractivity contribution in [3.63, 3.8) is 0 Å². The van der Waals surface area contributed by atoms with Crippen LogP contribution in [0.25, 0.3) is 17.8 Å². The number of benzene rings is 2. The molecule has 0 N–H and O–H groups in total. The summed E-state index contributed by atoms with van der Waals surface area (Å²) in [5, 5.41) is 4.74. The van der Waals surface area contributed by atoms with E-state index in [1.165, 1.54) is 5.56 Å². The van der Waals surface area contributed by atoms with Crippen molar-refractivity contribution in [3.8, 4) is 17.2 Å². The van der Waals surface area contributed by atoms with Crippen molar-refractivity contribution in [2.45, 2.75) is 32.2 Å². The molecule has 0 saturated carbocycles. The second-order valence-electron chi connectivity index (χ2n) is 8.21. The topological polar surface area (TPSA) is 67.0 Å². The van der Waals surface area contributed by atoms with E-state index < -0.39 is 0 Å². The molecule has 5 rings (SSSR count). The molecule has 33 heavy (non-hydrogen) atoms. The molecule has 4 aromatic rings. The summed E-state index contributed by atoms with van der Waals surface area (Å²) in [6.07, 6.45) is 9.91. The number of ether oxygens (including phenoxy) is 2. The monoisotopic (exact) mass is 441 g/mol. The van der Waals surface area contributed by atoms with Gasteiger partial charge in [-0.3, -0.25) is 0 Å². The van der Waals surface area contributed by atoms with E-state index in [1.807, 2.05) is 58.8 Å². The van der Waals surface area contributed by atoms with E-state index in [2.05, 4.69) is 23.2 Å². The van der Waals surface area contributed by atoms with Gasteiger partial charge in [0.25, 0.3) is 0 Å². The molecule has 0 amide bonds. The van der Waals surface area contributed by atoms with E-state index in [0.29, 0.717) is 0 Å². The average molecular weight is 442 g/mol. The van der Waals surface area contributed by atoms with Gasteiger partial charge in [0.05, 0.1) is 31.9 Å². The zero-order valence-corrected chi connectivity index (χ0v) is 19.1. The first-order chi connectivity index (χ1) is 16.1. The number of methoxy groups -OCH3 is 2. The molecule has 2 aromatic heterocycles. The van der Waals surface area contributed by atoms with Gasteiger partial charge < -0.3 is 14.0 Å². The minimum absolute atomic E-state index is 0.248. The van der Waals surface area contributed by atoms with Gasteiger partial charge in [0.1, 0.15) is 17.3 Å². The third kappa shape index (κ3) is 4.26. The fourth-order valence-corrected chi connectivity index (χ4v) is 4.33. The molecule has 0 bridgehead atoms. The minimum Gasteiger partial charge on any atom is -0.497 e. The van der Waals surface area contributed by atoms with Gasteiger partial charge in [0, 0.05) is 18.7 Å². The van der Waals surface area contributed by atoms with Crippen molar-refractivity contribution < 1.29 is 9.47 Å². The molecular formula is C26H27N5O2. The summed E-state index contributed by atoms with van der Waals surface area (Å²) in [5.41, 5.74) is 4.18. The molecule has 0 unspecified atom stereocenters. The summed E-state index contributed by atoms with van der Waals surface area (Å²) in [7, 11) is 3.37. The molecule has 0 spiro atoms. The Morgan fingerprint density at radius 2 is 1.88 bits per heavy atom. The van der Waals surface area contributed by atoms with Crippen LogP contribution in [-0.2, 0) is 6.54 Å². The SMILES string of the molecule is COc1ccc([C@@H]2CCCn3nc(/C=C/c4ccc(-n5cnc(C)c5)c(OC)c4)nc32)cc1. The normalized spacial score (nSPS) is 15.5. The maximum absolute atomic E-state index is 5.62. The Bertz CT molecular complexity index is 1290. The largest absolute Gasteiger partial charge is 0.497 e. The van der Waals surface area contributed by atoms with Crippen LogP contribution in [0.2, 0.25) is 0 Å². The fraction of sp³-hybridized carbons (Fsp3) is 0.269. The Kier molecular flexibility index (Phi) is 5.69. The Hall–Kier alpha value is -3.87. The van der Waals surface area contributed by atoms with Crippen molar-refractivity contribution >= 4 is 12.2 Å². The molecule has 7 nitrogen and oxygen atoms in total. The molecule has 168 valence electrons. The van der Waals surface area contributed by atoms with Crippen LogP contribution in [-0.4, -0.2) is 38.5 Å². The lowest BCUT2D eigenvalue weighted by Gasteiger charge is -2.22. The predicted molar refractivity (Wildman–Crippen MR) is 128 cm³/mol. The van der Waals surface area contributed by atoms with E-state index in [9.17, 15) is 0 Å². The van der Waals surface area contributed by atoms with Crippen LogP contribution in [0, 0.1) is 6.92 Å². The average Bonchev–Trinajstić information content (AvgIpc) is 3.48. The number of nitrogens with zero attached hydrogens (tertiary/aromatic N) is 5. The zero-order valence-electron chi connectivity index (χ0n) is 19.1. The van der Waals surface area contributed by atoms with Crippen LogP contribution in [0.1, 0.15) is 47.2 Å². The molecule has 1 aliphatic rings. The standard InChI is InChI=1S/C26H27N5O2/c1-18-16-30(17-27-18)23-12-6-19(15-24(23)33-3)7-13-25-28-26-22(5-4-14-31(26)29-25)20-8-10-21(32-2)11-9-20/h6-13,15-17,22H,4-5,14H2,1-3H3/b13-7+/t22-/m0/s1. The van der Waals surface area contributed by atoms with Crippen LogP contribution in [0.15, 0.2) is 55.0 Å². The number of fused-ring (bicyclic) bond motifs is 1. The summed E-state index contributed by atoms with van der Waals surface area (Å²) >= 11 is 0. The molecular weight excluding hydrogens is 414 g/mol. The fourth-order valence-electron chi connectivity index (χ4n) is 4.33. The van der Waals surface area contributed by atoms with E-state index >= 15 is 0 Å². The quantitative estimate of drug-likeness (QED) is 0.426. The first-order valence-corrected chi connectivity index (χ1v) is 11.1. The molecule has 0 saturated heterocycles. The molecule has 0 radical (unpaired) electrons. The third-order valence-electron chi connectivity index (χ3n) is 6.03. The Morgan fingerprint density at radius 3 is 2.61 bits per heavy atom. The maximum Gasteiger partial charge on any atom is 0.174 e. The van der Waals surface area contributed by atoms with Gasteiger partial charge in [-0.15, -0.1) is 0 Å². The number of aromatic nitrogens is 5. The van der Waals surface area contributed by atoms with E-state index in [4.69, 9.17) is 19.6 Å². The van der Waals surface area contributed by atoms with E-state index in [0.717, 1.165) is 59.5 Å². The van der Waals surface area contributed by atoms with Crippen molar-refractivity contribution in [3.05, 3.63) is 83.5 Å². The third-order valence-corrected chi connectivity index (χ3v) is 6.03. The molecule has 7 heteroatoms. The van der Waals surface area contributed by atoms with Crippen LogP contribution in [0.5, 0.6) is 11.5 Å². The first-order valence-electron chi connectivity index (χ1n) is 11.1. The van der Waals surface area contributed by atoms with Crippen molar-refractivity contribution in [1.82, 2.24) is 24.3 Å². The molecule has 2 aromatic carbocycles. The van der Waals surface area contributed by atoms with Gasteiger partial charge in [-0.1, -0.05) is 24.3 Å². The second kappa shape index (κ2) is 8.94. The number of imidazole rings is 1.